The van der Waals surface area contributed by atoms with E-state index < -0.39 is 16.7 Å². The van der Waals surface area contributed by atoms with E-state index in [1.807, 2.05) is 0 Å². The summed E-state index contributed by atoms with van der Waals surface area (Å²) in [7, 11) is 0. The molecule has 148 valence electrons. The highest BCUT2D eigenvalue weighted by atomic mass is 19.4. The summed E-state index contributed by atoms with van der Waals surface area (Å²) in [5.74, 6) is -0.232. The molecule has 1 heterocycles. The van der Waals surface area contributed by atoms with Crippen molar-refractivity contribution in [2.24, 2.45) is 0 Å². The number of carbonyl (C=O) groups is 1. The largest absolute Gasteiger partial charge is 0.416 e. The van der Waals surface area contributed by atoms with Gasteiger partial charge >= 0.3 is 6.18 Å². The van der Waals surface area contributed by atoms with E-state index in [4.69, 9.17) is 0 Å². The van der Waals surface area contributed by atoms with Crippen LogP contribution in [0.1, 0.15) is 21.5 Å². The highest BCUT2D eigenvalue weighted by molar-refractivity contribution is 5.94. The zero-order valence-corrected chi connectivity index (χ0v) is 14.9. The number of benzene rings is 2. The molecule has 0 radical (unpaired) electrons. The number of hydrogen-bond donors (Lipinski definition) is 1. The van der Waals surface area contributed by atoms with Crippen LogP contribution in [0.2, 0.25) is 0 Å². The standard InChI is InChI=1S/C19H18F3N3O3/c20-19(21,22)17-4-2-1-3-15(17)13-23-9-11-24(12-10-23)18(26)14-5-7-16(8-6-14)25(27)28/h1-8H,9-13H2/p+1. The number of hydrogen-bond acceptors (Lipinski definition) is 3. The normalized spacial score (nSPS) is 15.5. The Kier molecular flexibility index (Phi) is 5.64. The van der Waals surface area contributed by atoms with Crippen molar-refractivity contribution in [3.8, 4) is 0 Å². The first-order chi connectivity index (χ1) is 13.3. The van der Waals surface area contributed by atoms with Crippen molar-refractivity contribution >= 4 is 11.6 Å². The highest BCUT2D eigenvalue weighted by Gasteiger charge is 2.34. The Morgan fingerprint density at radius 2 is 1.68 bits per heavy atom. The Morgan fingerprint density at radius 1 is 1.07 bits per heavy atom. The third-order valence-electron chi connectivity index (χ3n) is 4.85. The SMILES string of the molecule is O=C(c1ccc([N+](=O)[O-])cc1)N1CC[NH+](Cc2ccccc2C(F)(F)F)CC1. The maximum absolute atomic E-state index is 13.1. The lowest BCUT2D eigenvalue weighted by Crippen LogP contribution is -3.13. The molecule has 0 aromatic heterocycles. The van der Waals surface area contributed by atoms with Crippen molar-refractivity contribution < 1.29 is 27.8 Å². The van der Waals surface area contributed by atoms with Crippen LogP contribution in [0.15, 0.2) is 48.5 Å². The molecule has 0 saturated carbocycles. The van der Waals surface area contributed by atoms with Crippen LogP contribution in [0.4, 0.5) is 18.9 Å². The molecule has 0 aliphatic carbocycles. The van der Waals surface area contributed by atoms with Crippen molar-refractivity contribution in [1.29, 1.82) is 0 Å². The molecule has 9 heteroatoms. The summed E-state index contributed by atoms with van der Waals surface area (Å²) >= 11 is 0. The molecule has 0 atom stereocenters. The summed E-state index contributed by atoms with van der Waals surface area (Å²) < 4.78 is 39.4. The molecule has 6 nitrogen and oxygen atoms in total. The molecular weight excluding hydrogens is 375 g/mol. The molecular formula is C19H19F3N3O3+. The molecule has 1 aliphatic rings. The number of halogens is 3. The molecule has 1 fully saturated rings. The number of alkyl halides is 3. The molecule has 0 spiro atoms. The van der Waals surface area contributed by atoms with Crippen molar-refractivity contribution in [3.63, 3.8) is 0 Å². The van der Waals surface area contributed by atoms with Gasteiger partial charge in [0.15, 0.2) is 0 Å². The number of nitrogens with zero attached hydrogens (tertiary/aromatic N) is 2. The highest BCUT2D eigenvalue weighted by Crippen LogP contribution is 2.31. The number of non-ortho nitro benzene ring substituents is 1. The van der Waals surface area contributed by atoms with E-state index in [2.05, 4.69) is 0 Å². The van der Waals surface area contributed by atoms with Crippen LogP contribution in [0.25, 0.3) is 0 Å². The Bertz CT molecular complexity index is 861. The predicted molar refractivity (Wildman–Crippen MR) is 94.8 cm³/mol. The van der Waals surface area contributed by atoms with Crippen LogP contribution in [0, 0.1) is 10.1 Å². The van der Waals surface area contributed by atoms with Crippen LogP contribution < -0.4 is 4.90 Å². The molecule has 28 heavy (non-hydrogen) atoms. The smallest absolute Gasteiger partial charge is 0.328 e. The van der Waals surface area contributed by atoms with Crippen LogP contribution in [-0.4, -0.2) is 41.9 Å². The number of piperazine rings is 1. The lowest BCUT2D eigenvalue weighted by atomic mass is 10.1. The summed E-state index contributed by atoms with van der Waals surface area (Å²) in [6, 6.07) is 10.9. The predicted octanol–water partition coefficient (Wildman–Crippen LogP) is 2.15. The summed E-state index contributed by atoms with van der Waals surface area (Å²) in [5, 5.41) is 10.7. The van der Waals surface area contributed by atoms with Gasteiger partial charge in [-0.15, -0.1) is 0 Å². The topological polar surface area (TPSA) is 67.9 Å². The first-order valence-electron chi connectivity index (χ1n) is 8.78. The van der Waals surface area contributed by atoms with E-state index in [-0.39, 0.29) is 23.7 Å². The molecule has 1 amide bonds. The number of nitro benzene ring substituents is 1. The van der Waals surface area contributed by atoms with Gasteiger partial charge in [0.2, 0.25) is 0 Å². The van der Waals surface area contributed by atoms with Crippen LogP contribution >= 0.6 is 0 Å². The minimum atomic E-state index is -4.39. The molecule has 3 rings (SSSR count). The second-order valence-corrected chi connectivity index (χ2v) is 6.68. The number of amides is 1. The van der Waals surface area contributed by atoms with E-state index in [1.54, 1.807) is 11.0 Å². The van der Waals surface area contributed by atoms with Crippen LogP contribution in [-0.2, 0) is 12.7 Å². The fraction of sp³-hybridized carbons (Fsp3) is 0.316. The lowest BCUT2D eigenvalue weighted by Gasteiger charge is -2.32. The summed E-state index contributed by atoms with van der Waals surface area (Å²) in [4.78, 5) is 25.3. The molecule has 2 aromatic rings. The van der Waals surface area contributed by atoms with Gasteiger partial charge in [0.05, 0.1) is 36.7 Å². The van der Waals surface area contributed by atoms with Crippen molar-refractivity contribution in [2.75, 3.05) is 26.2 Å². The Labute approximate surface area is 159 Å². The average molecular weight is 394 g/mol. The second kappa shape index (κ2) is 7.97. The van der Waals surface area contributed by atoms with Gasteiger partial charge in [-0.05, 0) is 18.2 Å². The summed E-state index contributed by atoms with van der Waals surface area (Å²) in [6.07, 6.45) is -4.39. The molecule has 0 unspecified atom stereocenters. The minimum absolute atomic E-state index is 0.0888. The first-order valence-corrected chi connectivity index (χ1v) is 8.78. The van der Waals surface area contributed by atoms with Gasteiger partial charge in [0.25, 0.3) is 11.6 Å². The lowest BCUT2D eigenvalue weighted by molar-refractivity contribution is -0.917. The Hall–Kier alpha value is -2.94. The fourth-order valence-corrected chi connectivity index (χ4v) is 3.33. The van der Waals surface area contributed by atoms with Gasteiger partial charge < -0.3 is 9.80 Å². The number of rotatable bonds is 4. The summed E-state index contributed by atoms with van der Waals surface area (Å²) in [6.45, 7) is 2.14. The quantitative estimate of drug-likeness (QED) is 0.638. The van der Waals surface area contributed by atoms with Gasteiger partial charge in [0, 0.05) is 23.3 Å². The maximum Gasteiger partial charge on any atom is 0.416 e. The van der Waals surface area contributed by atoms with Gasteiger partial charge in [-0.25, -0.2) is 0 Å². The van der Waals surface area contributed by atoms with Crippen molar-refractivity contribution in [2.45, 2.75) is 12.7 Å². The monoisotopic (exact) mass is 394 g/mol. The van der Waals surface area contributed by atoms with Gasteiger partial charge in [-0.2, -0.15) is 13.2 Å². The molecule has 0 bridgehead atoms. The van der Waals surface area contributed by atoms with E-state index in [1.165, 1.54) is 36.4 Å². The number of quaternary nitrogens is 1. The number of nitro groups is 1. The minimum Gasteiger partial charge on any atom is -0.328 e. The van der Waals surface area contributed by atoms with E-state index >= 15 is 0 Å². The van der Waals surface area contributed by atoms with E-state index in [9.17, 15) is 28.1 Å². The van der Waals surface area contributed by atoms with Crippen molar-refractivity contribution in [3.05, 3.63) is 75.3 Å². The summed E-state index contributed by atoms with van der Waals surface area (Å²) in [5.41, 5.74) is -0.0994. The van der Waals surface area contributed by atoms with Gasteiger partial charge in [0.1, 0.15) is 6.54 Å². The third kappa shape index (κ3) is 4.48. The third-order valence-corrected chi connectivity index (χ3v) is 4.85. The van der Waals surface area contributed by atoms with Crippen molar-refractivity contribution in [1.82, 2.24) is 4.90 Å². The fourth-order valence-electron chi connectivity index (χ4n) is 3.33. The molecule has 1 aliphatic heterocycles. The zero-order valence-electron chi connectivity index (χ0n) is 14.9. The molecule has 1 saturated heterocycles. The van der Waals surface area contributed by atoms with Gasteiger partial charge in [-0.3, -0.25) is 14.9 Å². The first kappa shape index (κ1) is 19.8. The zero-order chi connectivity index (χ0) is 20.3. The maximum atomic E-state index is 13.1. The molecule has 2 aromatic carbocycles. The van der Waals surface area contributed by atoms with E-state index in [0.717, 1.165) is 11.0 Å². The average Bonchev–Trinajstić information content (AvgIpc) is 2.68. The number of carbonyl (C=O) groups excluding carboxylic acids is 1. The van der Waals surface area contributed by atoms with Crippen LogP contribution in [0.3, 0.4) is 0 Å². The molecule has 1 N–H and O–H groups in total. The second-order valence-electron chi connectivity index (χ2n) is 6.68. The van der Waals surface area contributed by atoms with E-state index in [0.29, 0.717) is 31.7 Å². The number of nitrogens with one attached hydrogen (secondary N) is 1. The van der Waals surface area contributed by atoms with Gasteiger partial charge in [-0.1, -0.05) is 18.2 Å². The Morgan fingerprint density at radius 3 is 2.25 bits per heavy atom. The van der Waals surface area contributed by atoms with Crippen LogP contribution in [0.5, 0.6) is 0 Å². The Balaban J connectivity index is 1.60.